The van der Waals surface area contributed by atoms with Crippen LogP contribution in [0, 0.1) is 15.9 Å². The van der Waals surface area contributed by atoms with Crippen molar-refractivity contribution in [2.45, 2.75) is 50.1 Å². The van der Waals surface area contributed by atoms with Crippen molar-refractivity contribution in [2.75, 3.05) is 11.9 Å². The number of thioether (sulfide) groups is 1. The van der Waals surface area contributed by atoms with Gasteiger partial charge in [-0.2, -0.15) is 0 Å². The van der Waals surface area contributed by atoms with E-state index in [0.717, 1.165) is 47.5 Å². The molecular formula is C29H27FN6O6S2. The van der Waals surface area contributed by atoms with Gasteiger partial charge in [-0.15, -0.1) is 21.5 Å². The van der Waals surface area contributed by atoms with Gasteiger partial charge in [0.15, 0.2) is 11.0 Å². The minimum atomic E-state index is -0.710. The Kier molecular flexibility index (Phi) is 9.35. The molecule has 12 nitrogen and oxygen atoms in total. The van der Waals surface area contributed by atoms with Gasteiger partial charge in [0.05, 0.1) is 28.9 Å². The molecule has 44 heavy (non-hydrogen) atoms. The number of esters is 1. The predicted octanol–water partition coefficient (Wildman–Crippen LogP) is 5.09. The third-order valence-corrected chi connectivity index (χ3v) is 9.05. The summed E-state index contributed by atoms with van der Waals surface area (Å²) in [6, 6.07) is 10.9. The van der Waals surface area contributed by atoms with Crippen molar-refractivity contribution in [1.29, 1.82) is 0 Å². The number of nitrogens with one attached hydrogen (secondary N) is 2. The van der Waals surface area contributed by atoms with E-state index in [-0.39, 0.29) is 41.3 Å². The normalized spacial score (nSPS) is 12.8. The number of thiophene rings is 1. The maximum absolute atomic E-state index is 13.6. The van der Waals surface area contributed by atoms with Crippen LogP contribution >= 0.6 is 23.1 Å². The van der Waals surface area contributed by atoms with E-state index in [1.54, 1.807) is 18.4 Å². The molecule has 0 fully saturated rings. The second-order valence-electron chi connectivity index (χ2n) is 9.73. The Morgan fingerprint density at radius 2 is 1.95 bits per heavy atom. The number of benzene rings is 2. The zero-order valence-corrected chi connectivity index (χ0v) is 25.3. The Morgan fingerprint density at radius 3 is 2.66 bits per heavy atom. The number of ether oxygens (including phenoxy) is 1. The standard InChI is InChI=1S/C29H27FN6O6S2/c1-3-42-28(39)24-21-8-5-9-22(21)44-27(24)32-25(37)16(2)43-29-34-33-23(15-31-26(38)17-6-4-7-18(30)14-17)35(29)19-10-12-20(13-11-19)36(40)41/h4,6-7,10-14,16H,3,5,8-9,15H2,1-2H3,(H,31,38)(H,32,37). The quantitative estimate of drug-likeness (QED) is 0.0988. The Morgan fingerprint density at radius 1 is 1.18 bits per heavy atom. The molecule has 0 spiro atoms. The first-order valence-corrected chi connectivity index (χ1v) is 15.4. The van der Waals surface area contributed by atoms with Gasteiger partial charge in [-0.1, -0.05) is 17.8 Å². The largest absolute Gasteiger partial charge is 0.462 e. The number of fused-ring (bicyclic) bond motifs is 1. The lowest BCUT2D eigenvalue weighted by Crippen LogP contribution is -2.25. The SMILES string of the molecule is CCOC(=O)c1c(NC(=O)C(C)Sc2nnc(CNC(=O)c3cccc(F)c3)n2-c2ccc([N+](=O)[O-])cc2)sc2c1CCC2. The van der Waals surface area contributed by atoms with E-state index in [2.05, 4.69) is 20.8 Å². The van der Waals surface area contributed by atoms with Crippen molar-refractivity contribution in [2.24, 2.45) is 0 Å². The van der Waals surface area contributed by atoms with Crippen LogP contribution in [0.2, 0.25) is 0 Å². The van der Waals surface area contributed by atoms with E-state index in [4.69, 9.17) is 4.74 Å². The van der Waals surface area contributed by atoms with Crippen LogP contribution < -0.4 is 10.6 Å². The van der Waals surface area contributed by atoms with Crippen molar-refractivity contribution < 1.29 is 28.4 Å². The number of aromatic nitrogens is 3. The van der Waals surface area contributed by atoms with Crippen LogP contribution in [0.15, 0.2) is 53.7 Å². The second kappa shape index (κ2) is 13.3. The molecule has 2 heterocycles. The lowest BCUT2D eigenvalue weighted by atomic mass is 10.1. The Balaban J connectivity index is 1.38. The number of amides is 2. The van der Waals surface area contributed by atoms with Crippen LogP contribution in [0.1, 0.15) is 57.2 Å². The fraction of sp³-hybridized carbons (Fsp3) is 0.276. The van der Waals surface area contributed by atoms with Crippen LogP contribution in [-0.4, -0.2) is 49.3 Å². The highest BCUT2D eigenvalue weighted by atomic mass is 32.2. The first kappa shape index (κ1) is 30.8. The molecule has 0 aliphatic heterocycles. The number of carbonyl (C=O) groups is 3. The molecule has 5 rings (SSSR count). The molecule has 0 radical (unpaired) electrons. The molecule has 2 amide bonds. The number of rotatable bonds is 11. The highest BCUT2D eigenvalue weighted by molar-refractivity contribution is 8.00. The molecule has 1 aliphatic rings. The van der Waals surface area contributed by atoms with Crippen molar-refractivity contribution in [3.05, 3.63) is 91.9 Å². The van der Waals surface area contributed by atoms with E-state index < -0.39 is 27.9 Å². The molecule has 0 bridgehead atoms. The van der Waals surface area contributed by atoms with Crippen LogP contribution in [0.3, 0.4) is 0 Å². The third-order valence-electron chi connectivity index (χ3n) is 6.80. The molecule has 1 unspecified atom stereocenters. The van der Waals surface area contributed by atoms with E-state index >= 15 is 0 Å². The number of nitro groups is 1. The van der Waals surface area contributed by atoms with E-state index in [0.29, 0.717) is 16.3 Å². The number of nitrogens with zero attached hydrogens (tertiary/aromatic N) is 4. The predicted molar refractivity (Wildman–Crippen MR) is 162 cm³/mol. The number of nitro benzene ring substituents is 1. The van der Waals surface area contributed by atoms with Gasteiger partial charge >= 0.3 is 5.97 Å². The van der Waals surface area contributed by atoms with E-state index in [1.165, 1.54) is 53.8 Å². The van der Waals surface area contributed by atoms with Gasteiger partial charge in [-0.05, 0) is 69.0 Å². The average Bonchev–Trinajstić information content (AvgIpc) is 3.70. The van der Waals surface area contributed by atoms with Gasteiger partial charge in [0.1, 0.15) is 10.8 Å². The summed E-state index contributed by atoms with van der Waals surface area (Å²) in [6.45, 7) is 3.51. The summed E-state index contributed by atoms with van der Waals surface area (Å²) < 4.78 is 20.4. The first-order chi connectivity index (χ1) is 21.2. The van der Waals surface area contributed by atoms with Crippen LogP contribution in [-0.2, 0) is 28.9 Å². The molecular weight excluding hydrogens is 611 g/mol. The maximum Gasteiger partial charge on any atom is 0.341 e. The van der Waals surface area contributed by atoms with Crippen molar-refractivity contribution >= 4 is 51.6 Å². The lowest BCUT2D eigenvalue weighted by Gasteiger charge is -2.14. The summed E-state index contributed by atoms with van der Waals surface area (Å²) in [7, 11) is 0. The molecule has 0 saturated carbocycles. The first-order valence-electron chi connectivity index (χ1n) is 13.7. The molecule has 2 aromatic heterocycles. The number of non-ortho nitro benzene ring substituents is 1. The maximum atomic E-state index is 13.6. The molecule has 0 saturated heterocycles. The van der Waals surface area contributed by atoms with Gasteiger partial charge < -0.3 is 15.4 Å². The molecule has 2 aromatic carbocycles. The Bertz CT molecular complexity index is 1740. The van der Waals surface area contributed by atoms with Crippen LogP contribution in [0.4, 0.5) is 15.1 Å². The zero-order chi connectivity index (χ0) is 31.4. The van der Waals surface area contributed by atoms with Gasteiger partial charge in [0.2, 0.25) is 5.91 Å². The summed E-state index contributed by atoms with van der Waals surface area (Å²) in [5.74, 6) is -1.66. The van der Waals surface area contributed by atoms with Gasteiger partial charge in [0, 0.05) is 28.3 Å². The fourth-order valence-electron chi connectivity index (χ4n) is 4.70. The zero-order valence-electron chi connectivity index (χ0n) is 23.7. The minimum absolute atomic E-state index is 0.107. The number of anilines is 1. The molecule has 15 heteroatoms. The van der Waals surface area contributed by atoms with Crippen molar-refractivity contribution in [3.63, 3.8) is 0 Å². The smallest absolute Gasteiger partial charge is 0.341 e. The topological polar surface area (TPSA) is 158 Å². The summed E-state index contributed by atoms with van der Waals surface area (Å²) in [5, 5.41) is 25.2. The van der Waals surface area contributed by atoms with Crippen molar-refractivity contribution in [3.8, 4) is 5.69 Å². The Hall–Kier alpha value is -4.63. The van der Waals surface area contributed by atoms with Crippen LogP contribution in [0.5, 0.6) is 0 Å². The Labute approximate surface area is 259 Å². The molecule has 1 atom stereocenters. The number of aryl methyl sites for hydroxylation is 1. The lowest BCUT2D eigenvalue weighted by molar-refractivity contribution is -0.384. The van der Waals surface area contributed by atoms with Gasteiger partial charge in [0.25, 0.3) is 11.6 Å². The number of carbonyl (C=O) groups excluding carboxylic acids is 3. The second-order valence-corrected chi connectivity index (χ2v) is 12.1. The van der Waals surface area contributed by atoms with E-state index in [9.17, 15) is 28.9 Å². The number of hydrogen-bond acceptors (Lipinski definition) is 10. The summed E-state index contributed by atoms with van der Waals surface area (Å²) in [6.07, 6.45) is 2.53. The summed E-state index contributed by atoms with van der Waals surface area (Å²) >= 11 is 2.46. The molecule has 2 N–H and O–H groups in total. The molecule has 228 valence electrons. The number of halogens is 1. The van der Waals surface area contributed by atoms with Crippen LogP contribution in [0.25, 0.3) is 5.69 Å². The third kappa shape index (κ3) is 6.63. The van der Waals surface area contributed by atoms with E-state index in [1.807, 2.05) is 0 Å². The summed E-state index contributed by atoms with van der Waals surface area (Å²) in [5.41, 5.74) is 1.79. The van der Waals surface area contributed by atoms with Crippen molar-refractivity contribution in [1.82, 2.24) is 20.1 Å². The highest BCUT2D eigenvalue weighted by Crippen LogP contribution is 2.40. The highest BCUT2D eigenvalue weighted by Gasteiger charge is 2.30. The van der Waals surface area contributed by atoms with Gasteiger partial charge in [-0.3, -0.25) is 24.3 Å². The fourth-order valence-corrected chi connectivity index (χ4v) is 6.87. The number of hydrogen-bond donors (Lipinski definition) is 2. The minimum Gasteiger partial charge on any atom is -0.462 e. The average molecular weight is 639 g/mol. The van der Waals surface area contributed by atoms with Gasteiger partial charge in [-0.25, -0.2) is 9.18 Å². The molecule has 4 aromatic rings. The summed E-state index contributed by atoms with van der Waals surface area (Å²) in [4.78, 5) is 50.5. The monoisotopic (exact) mass is 638 g/mol. The molecule has 1 aliphatic carbocycles.